The van der Waals surface area contributed by atoms with Crippen molar-refractivity contribution in [2.24, 2.45) is 5.73 Å². The van der Waals surface area contributed by atoms with Gasteiger partial charge in [-0.2, -0.15) is 0 Å². The van der Waals surface area contributed by atoms with Crippen molar-refractivity contribution in [3.8, 4) is 0 Å². The molecule has 0 saturated carbocycles. The zero-order valence-corrected chi connectivity index (χ0v) is 5.04. The maximum Gasteiger partial charge on any atom is -0.00624 e. The zero-order chi connectivity index (χ0) is 6.24. The number of rotatable bonds is 2. The Morgan fingerprint density at radius 1 is 1.00 bits per heavy atom. The SMILES string of the molecule is C\C=C/C=C\C=C/N. The number of hydrogen-bond donors (Lipinski definition) is 1. The topological polar surface area (TPSA) is 26.0 Å². The van der Waals surface area contributed by atoms with Crippen LogP contribution in [0.15, 0.2) is 36.6 Å². The van der Waals surface area contributed by atoms with E-state index >= 15 is 0 Å². The minimum absolute atomic E-state index is 1.50. The van der Waals surface area contributed by atoms with E-state index < -0.39 is 0 Å². The highest BCUT2D eigenvalue weighted by molar-refractivity contribution is 5.09. The molecule has 0 bridgehead atoms. The zero-order valence-electron chi connectivity index (χ0n) is 5.04. The van der Waals surface area contributed by atoms with Gasteiger partial charge in [0.1, 0.15) is 0 Å². The molecule has 44 valence electrons. The maximum absolute atomic E-state index is 5.05. The first-order valence-electron chi connectivity index (χ1n) is 2.58. The third-order valence-corrected chi connectivity index (χ3v) is 0.637. The van der Waals surface area contributed by atoms with Gasteiger partial charge in [0.25, 0.3) is 0 Å². The summed E-state index contributed by atoms with van der Waals surface area (Å²) in [5, 5.41) is 0. The molecular formula is C7H11N. The minimum Gasteiger partial charge on any atom is -0.405 e. The van der Waals surface area contributed by atoms with Crippen LogP contribution in [0.25, 0.3) is 0 Å². The molecule has 0 aromatic carbocycles. The lowest BCUT2D eigenvalue weighted by Gasteiger charge is -1.68. The monoisotopic (exact) mass is 109 g/mol. The van der Waals surface area contributed by atoms with E-state index in [1.807, 2.05) is 31.2 Å². The van der Waals surface area contributed by atoms with Gasteiger partial charge in [-0.3, -0.25) is 0 Å². The van der Waals surface area contributed by atoms with E-state index in [0.717, 1.165) is 0 Å². The molecule has 1 nitrogen and oxygen atoms in total. The molecule has 0 aliphatic rings. The van der Waals surface area contributed by atoms with E-state index in [2.05, 4.69) is 0 Å². The van der Waals surface area contributed by atoms with Crippen LogP contribution in [-0.4, -0.2) is 0 Å². The molecule has 0 atom stereocenters. The second kappa shape index (κ2) is 6.02. The highest BCUT2D eigenvalue weighted by Crippen LogP contribution is 1.75. The lowest BCUT2D eigenvalue weighted by molar-refractivity contribution is 1.60. The Kier molecular flexibility index (Phi) is 5.28. The van der Waals surface area contributed by atoms with Gasteiger partial charge in [-0.1, -0.05) is 24.3 Å². The summed E-state index contributed by atoms with van der Waals surface area (Å²) in [5.41, 5.74) is 5.05. The van der Waals surface area contributed by atoms with Crippen molar-refractivity contribution >= 4 is 0 Å². The smallest absolute Gasteiger partial charge is 0.00624 e. The molecule has 0 amide bonds. The van der Waals surface area contributed by atoms with Crippen LogP contribution in [0.3, 0.4) is 0 Å². The van der Waals surface area contributed by atoms with E-state index in [9.17, 15) is 0 Å². The molecule has 0 spiro atoms. The third kappa shape index (κ3) is 5.02. The van der Waals surface area contributed by atoms with Crippen LogP contribution in [0.5, 0.6) is 0 Å². The summed E-state index contributed by atoms with van der Waals surface area (Å²) in [6.45, 7) is 1.97. The minimum atomic E-state index is 1.50. The molecule has 0 aromatic rings. The molecule has 0 rings (SSSR count). The lowest BCUT2D eigenvalue weighted by Crippen LogP contribution is -1.71. The highest BCUT2D eigenvalue weighted by Gasteiger charge is 1.55. The molecule has 8 heavy (non-hydrogen) atoms. The summed E-state index contributed by atoms with van der Waals surface area (Å²) in [6, 6.07) is 0. The normalized spacial score (nSPS) is 12.6. The Labute approximate surface area is 50.2 Å². The van der Waals surface area contributed by atoms with Crippen LogP contribution < -0.4 is 5.73 Å². The van der Waals surface area contributed by atoms with Crippen molar-refractivity contribution in [3.63, 3.8) is 0 Å². The summed E-state index contributed by atoms with van der Waals surface area (Å²) in [7, 11) is 0. The fraction of sp³-hybridized carbons (Fsp3) is 0.143. The van der Waals surface area contributed by atoms with Crippen LogP contribution >= 0.6 is 0 Å². The molecular weight excluding hydrogens is 98.1 g/mol. The Hall–Kier alpha value is -0.980. The van der Waals surface area contributed by atoms with Gasteiger partial charge in [0.2, 0.25) is 0 Å². The molecule has 0 unspecified atom stereocenters. The van der Waals surface area contributed by atoms with Crippen molar-refractivity contribution in [1.29, 1.82) is 0 Å². The summed E-state index contributed by atoms with van der Waals surface area (Å²) in [4.78, 5) is 0. The summed E-state index contributed by atoms with van der Waals surface area (Å²) >= 11 is 0. The quantitative estimate of drug-likeness (QED) is 0.535. The summed E-state index contributed by atoms with van der Waals surface area (Å²) in [6.07, 6.45) is 11.0. The van der Waals surface area contributed by atoms with Gasteiger partial charge < -0.3 is 5.73 Å². The van der Waals surface area contributed by atoms with E-state index in [1.54, 1.807) is 6.08 Å². The number of hydrogen-bond acceptors (Lipinski definition) is 1. The number of allylic oxidation sites excluding steroid dienone is 5. The summed E-state index contributed by atoms with van der Waals surface area (Å²) in [5.74, 6) is 0. The van der Waals surface area contributed by atoms with Crippen molar-refractivity contribution in [3.05, 3.63) is 36.6 Å². The predicted octanol–water partition coefficient (Wildman–Crippen LogP) is 1.59. The van der Waals surface area contributed by atoms with Crippen molar-refractivity contribution in [2.45, 2.75) is 6.92 Å². The molecule has 1 heteroatoms. The van der Waals surface area contributed by atoms with Gasteiger partial charge in [-0.05, 0) is 19.2 Å². The van der Waals surface area contributed by atoms with Gasteiger partial charge in [-0.15, -0.1) is 0 Å². The molecule has 0 aliphatic heterocycles. The Bertz CT molecular complexity index is 95.6. The van der Waals surface area contributed by atoms with Crippen LogP contribution in [0, 0.1) is 0 Å². The lowest BCUT2D eigenvalue weighted by atomic mass is 10.4. The molecule has 0 heterocycles. The maximum atomic E-state index is 5.05. The van der Waals surface area contributed by atoms with Gasteiger partial charge >= 0.3 is 0 Å². The predicted molar refractivity (Wildman–Crippen MR) is 37.3 cm³/mol. The van der Waals surface area contributed by atoms with Gasteiger partial charge in [0.15, 0.2) is 0 Å². The molecule has 0 aromatic heterocycles. The first kappa shape index (κ1) is 7.02. The van der Waals surface area contributed by atoms with Crippen molar-refractivity contribution in [1.82, 2.24) is 0 Å². The average molecular weight is 109 g/mol. The molecule has 2 N–H and O–H groups in total. The van der Waals surface area contributed by atoms with E-state index in [-0.39, 0.29) is 0 Å². The average Bonchev–Trinajstić information content (AvgIpc) is 1.81. The molecule has 0 aliphatic carbocycles. The highest BCUT2D eigenvalue weighted by atomic mass is 14.5. The fourth-order valence-corrected chi connectivity index (χ4v) is 0.304. The largest absolute Gasteiger partial charge is 0.405 e. The van der Waals surface area contributed by atoms with Crippen LogP contribution in [0.4, 0.5) is 0 Å². The van der Waals surface area contributed by atoms with E-state index in [0.29, 0.717) is 0 Å². The van der Waals surface area contributed by atoms with Gasteiger partial charge in [-0.25, -0.2) is 0 Å². The van der Waals surface area contributed by atoms with Crippen LogP contribution in [0.2, 0.25) is 0 Å². The molecule has 0 fully saturated rings. The van der Waals surface area contributed by atoms with Gasteiger partial charge in [0, 0.05) is 0 Å². The standard InChI is InChI=1S/C7H11N/c1-2-3-4-5-6-7-8/h2-7H,8H2,1H3/b3-2-,5-4-,7-6-. The second-order valence-corrected chi connectivity index (χ2v) is 1.30. The van der Waals surface area contributed by atoms with Crippen LogP contribution in [0.1, 0.15) is 6.92 Å². The Balaban J connectivity index is 3.35. The third-order valence-electron chi connectivity index (χ3n) is 0.637. The van der Waals surface area contributed by atoms with Crippen LogP contribution in [-0.2, 0) is 0 Å². The second-order valence-electron chi connectivity index (χ2n) is 1.30. The fourth-order valence-electron chi connectivity index (χ4n) is 0.304. The molecule has 0 saturated heterocycles. The van der Waals surface area contributed by atoms with Crippen molar-refractivity contribution < 1.29 is 0 Å². The first-order valence-corrected chi connectivity index (χ1v) is 2.58. The first-order chi connectivity index (χ1) is 3.91. The Morgan fingerprint density at radius 3 is 2.12 bits per heavy atom. The molecule has 0 radical (unpaired) electrons. The summed E-state index contributed by atoms with van der Waals surface area (Å²) < 4.78 is 0. The number of nitrogens with two attached hydrogens (primary N) is 1. The van der Waals surface area contributed by atoms with Crippen molar-refractivity contribution in [2.75, 3.05) is 0 Å². The van der Waals surface area contributed by atoms with E-state index in [4.69, 9.17) is 5.73 Å². The van der Waals surface area contributed by atoms with E-state index in [1.165, 1.54) is 6.20 Å². The van der Waals surface area contributed by atoms with Gasteiger partial charge in [0.05, 0.1) is 0 Å². The Morgan fingerprint density at radius 2 is 1.62 bits per heavy atom.